The van der Waals surface area contributed by atoms with Gasteiger partial charge in [-0.25, -0.2) is 5.43 Å². The molecule has 26 heavy (non-hydrogen) atoms. The van der Waals surface area contributed by atoms with E-state index in [4.69, 9.17) is 0 Å². The Labute approximate surface area is 158 Å². The van der Waals surface area contributed by atoms with Crippen LogP contribution < -0.4 is 10.4 Å². The van der Waals surface area contributed by atoms with E-state index in [-0.39, 0.29) is 18.1 Å². The van der Waals surface area contributed by atoms with Crippen molar-refractivity contribution in [1.82, 2.24) is 15.2 Å². The molecule has 0 bridgehead atoms. The third-order valence-electron chi connectivity index (χ3n) is 4.98. The first kappa shape index (κ1) is 17.3. The maximum Gasteiger partial charge on any atom is 0.265 e. The van der Waals surface area contributed by atoms with E-state index in [9.17, 15) is 4.79 Å². The molecule has 5 nitrogen and oxygen atoms in total. The van der Waals surface area contributed by atoms with Crippen LogP contribution in [0.25, 0.3) is 0 Å². The molecule has 3 heterocycles. The Morgan fingerprint density at radius 1 is 1.23 bits per heavy atom. The van der Waals surface area contributed by atoms with Gasteiger partial charge in [0.05, 0.1) is 10.6 Å². The summed E-state index contributed by atoms with van der Waals surface area (Å²) in [6.45, 7) is 2.01. The van der Waals surface area contributed by atoms with Crippen LogP contribution in [0.5, 0.6) is 0 Å². The van der Waals surface area contributed by atoms with Crippen molar-refractivity contribution >= 4 is 22.9 Å². The second-order valence-electron chi connectivity index (χ2n) is 6.87. The van der Waals surface area contributed by atoms with Crippen LogP contribution in [0.1, 0.15) is 22.5 Å². The lowest BCUT2D eigenvalue weighted by atomic mass is 10.0. The summed E-state index contributed by atoms with van der Waals surface area (Å²) >= 11 is 1.51. The Bertz CT molecular complexity index is 761. The molecule has 1 aromatic heterocycles. The number of benzene rings is 1. The van der Waals surface area contributed by atoms with Crippen molar-refractivity contribution < 1.29 is 4.79 Å². The summed E-state index contributed by atoms with van der Waals surface area (Å²) in [5.41, 5.74) is 4.54. The van der Waals surface area contributed by atoms with E-state index in [0.717, 1.165) is 36.5 Å². The SMILES string of the molecule is CN1CCCC(N(C(=O)c2cccs2)C2C=CN(c3ccccc3)N2)C1. The lowest BCUT2D eigenvalue weighted by Crippen LogP contribution is -2.57. The van der Waals surface area contributed by atoms with Crippen LogP contribution in [0.4, 0.5) is 5.69 Å². The topological polar surface area (TPSA) is 38.8 Å². The van der Waals surface area contributed by atoms with Crippen molar-refractivity contribution in [3.05, 3.63) is 65.0 Å². The predicted molar refractivity (Wildman–Crippen MR) is 106 cm³/mol. The number of hydrazine groups is 1. The van der Waals surface area contributed by atoms with Gasteiger partial charge in [0.15, 0.2) is 0 Å². The first-order valence-corrected chi connectivity index (χ1v) is 9.94. The second kappa shape index (κ2) is 7.61. The fourth-order valence-electron chi connectivity index (χ4n) is 3.71. The molecule has 4 rings (SSSR count). The zero-order valence-electron chi connectivity index (χ0n) is 14.9. The number of amides is 1. The molecule has 0 aliphatic carbocycles. The molecular formula is C20H24N4OS. The smallest absolute Gasteiger partial charge is 0.265 e. The van der Waals surface area contributed by atoms with Gasteiger partial charge in [0.2, 0.25) is 0 Å². The van der Waals surface area contributed by atoms with Gasteiger partial charge in [-0.1, -0.05) is 24.3 Å². The molecule has 2 aromatic rings. The Kier molecular flexibility index (Phi) is 5.06. The Balaban J connectivity index is 1.57. The van der Waals surface area contributed by atoms with Crippen LogP contribution in [0.15, 0.2) is 60.1 Å². The van der Waals surface area contributed by atoms with E-state index < -0.39 is 0 Å². The monoisotopic (exact) mass is 368 g/mol. The summed E-state index contributed by atoms with van der Waals surface area (Å²) in [7, 11) is 2.13. The van der Waals surface area contributed by atoms with E-state index >= 15 is 0 Å². The number of rotatable bonds is 4. The molecule has 2 unspecified atom stereocenters. The summed E-state index contributed by atoms with van der Waals surface area (Å²) < 4.78 is 0. The van der Waals surface area contributed by atoms with Crippen LogP contribution in [-0.4, -0.2) is 48.1 Å². The fraction of sp³-hybridized carbons (Fsp3) is 0.350. The number of piperidine rings is 1. The van der Waals surface area contributed by atoms with Crippen LogP contribution in [0.2, 0.25) is 0 Å². The number of hydrogen-bond donors (Lipinski definition) is 1. The van der Waals surface area contributed by atoms with Crippen molar-refractivity contribution in [2.24, 2.45) is 0 Å². The quantitative estimate of drug-likeness (QED) is 0.900. The van der Waals surface area contributed by atoms with Gasteiger partial charge >= 0.3 is 0 Å². The standard InChI is InChI=1S/C20H24N4OS/c1-22-12-5-9-17(15-22)24(20(25)18-10-6-14-26-18)19-11-13-23(21-19)16-7-3-2-4-8-16/h2-4,6-8,10-11,13-14,17,19,21H,5,9,12,15H2,1H3. The lowest BCUT2D eigenvalue weighted by molar-refractivity contribution is 0.0470. The van der Waals surface area contributed by atoms with E-state index in [1.165, 1.54) is 11.3 Å². The highest BCUT2D eigenvalue weighted by molar-refractivity contribution is 7.12. The number of thiophene rings is 1. The predicted octanol–water partition coefficient (Wildman–Crippen LogP) is 3.15. The summed E-state index contributed by atoms with van der Waals surface area (Å²) in [5, 5.41) is 3.96. The van der Waals surface area contributed by atoms with Crippen molar-refractivity contribution in [2.45, 2.75) is 25.0 Å². The van der Waals surface area contributed by atoms with Gasteiger partial charge in [-0.3, -0.25) is 9.80 Å². The number of likely N-dealkylation sites (tertiary alicyclic amines) is 1. The molecule has 1 amide bonds. The van der Waals surface area contributed by atoms with Crippen LogP contribution >= 0.6 is 11.3 Å². The average molecular weight is 369 g/mol. The average Bonchev–Trinajstić information content (AvgIpc) is 3.35. The molecule has 0 spiro atoms. The Morgan fingerprint density at radius 3 is 2.81 bits per heavy atom. The van der Waals surface area contributed by atoms with E-state index in [1.54, 1.807) is 0 Å². The molecular weight excluding hydrogens is 344 g/mol. The molecule has 2 aliphatic rings. The van der Waals surface area contributed by atoms with Crippen LogP contribution in [0.3, 0.4) is 0 Å². The van der Waals surface area contributed by atoms with Gasteiger partial charge in [0.25, 0.3) is 5.91 Å². The van der Waals surface area contributed by atoms with Gasteiger partial charge in [0, 0.05) is 18.8 Å². The molecule has 1 N–H and O–H groups in total. The van der Waals surface area contributed by atoms with Crippen LogP contribution in [-0.2, 0) is 0 Å². The molecule has 1 fully saturated rings. The van der Waals surface area contributed by atoms with E-state index in [0.29, 0.717) is 0 Å². The minimum atomic E-state index is -0.138. The first-order valence-electron chi connectivity index (χ1n) is 9.06. The third-order valence-corrected chi connectivity index (χ3v) is 5.84. The fourth-order valence-corrected chi connectivity index (χ4v) is 4.38. The Morgan fingerprint density at radius 2 is 2.08 bits per heavy atom. The number of hydrogen-bond acceptors (Lipinski definition) is 5. The molecule has 2 aliphatic heterocycles. The molecule has 136 valence electrons. The maximum absolute atomic E-state index is 13.3. The number of likely N-dealkylation sites (N-methyl/N-ethyl adjacent to an activating group) is 1. The molecule has 6 heteroatoms. The van der Waals surface area contributed by atoms with Gasteiger partial charge in [-0.05, 0) is 56.1 Å². The highest BCUT2D eigenvalue weighted by atomic mass is 32.1. The minimum absolute atomic E-state index is 0.109. The number of nitrogens with one attached hydrogen (secondary N) is 1. The summed E-state index contributed by atoms with van der Waals surface area (Å²) in [5.74, 6) is 0.109. The number of anilines is 1. The molecule has 2 atom stereocenters. The van der Waals surface area contributed by atoms with Gasteiger partial charge < -0.3 is 9.80 Å². The van der Waals surface area contributed by atoms with Crippen molar-refractivity contribution in [2.75, 3.05) is 25.1 Å². The van der Waals surface area contributed by atoms with Crippen molar-refractivity contribution in [3.8, 4) is 0 Å². The lowest BCUT2D eigenvalue weighted by Gasteiger charge is -2.41. The normalized spacial score (nSPS) is 23.3. The Hall–Kier alpha value is -2.15. The minimum Gasteiger partial charge on any atom is -0.313 e. The summed E-state index contributed by atoms with van der Waals surface area (Å²) in [6.07, 6.45) is 6.11. The largest absolute Gasteiger partial charge is 0.313 e. The summed E-state index contributed by atoms with van der Waals surface area (Å²) in [4.78, 5) is 18.4. The van der Waals surface area contributed by atoms with Gasteiger partial charge in [0.1, 0.15) is 6.17 Å². The van der Waals surface area contributed by atoms with Gasteiger partial charge in [-0.2, -0.15) is 0 Å². The number of para-hydroxylation sites is 1. The molecule has 1 aromatic carbocycles. The van der Waals surface area contributed by atoms with E-state index in [1.807, 2.05) is 51.8 Å². The highest BCUT2D eigenvalue weighted by Crippen LogP contribution is 2.25. The zero-order chi connectivity index (χ0) is 17.9. The molecule has 0 saturated carbocycles. The van der Waals surface area contributed by atoms with E-state index in [2.05, 4.69) is 35.6 Å². The molecule has 1 saturated heterocycles. The maximum atomic E-state index is 13.3. The summed E-state index contributed by atoms with van der Waals surface area (Å²) in [6, 6.07) is 14.2. The van der Waals surface area contributed by atoms with Crippen molar-refractivity contribution in [1.29, 1.82) is 0 Å². The first-order chi connectivity index (χ1) is 12.7. The van der Waals surface area contributed by atoms with Gasteiger partial charge in [-0.15, -0.1) is 11.3 Å². The number of nitrogens with zero attached hydrogens (tertiary/aromatic N) is 3. The highest BCUT2D eigenvalue weighted by Gasteiger charge is 2.35. The third kappa shape index (κ3) is 3.53. The zero-order valence-corrected chi connectivity index (χ0v) is 15.7. The second-order valence-corrected chi connectivity index (χ2v) is 7.82. The van der Waals surface area contributed by atoms with Crippen molar-refractivity contribution in [3.63, 3.8) is 0 Å². The van der Waals surface area contributed by atoms with Crippen LogP contribution in [0, 0.1) is 0 Å². The number of carbonyl (C=O) groups is 1. The molecule has 0 radical (unpaired) electrons. The number of carbonyl (C=O) groups excluding carboxylic acids is 1.